The lowest BCUT2D eigenvalue weighted by Gasteiger charge is -2.25. The van der Waals surface area contributed by atoms with E-state index in [-0.39, 0.29) is 11.6 Å². The van der Waals surface area contributed by atoms with Gasteiger partial charge in [0.25, 0.3) is 5.69 Å². The molecule has 6 heteroatoms. The summed E-state index contributed by atoms with van der Waals surface area (Å²) < 4.78 is 0. The van der Waals surface area contributed by atoms with E-state index in [1.165, 1.54) is 12.1 Å². The minimum absolute atomic E-state index is 0.0330. The molecule has 4 nitrogen and oxygen atoms in total. The van der Waals surface area contributed by atoms with Crippen LogP contribution >= 0.6 is 23.2 Å². The van der Waals surface area contributed by atoms with Crippen molar-refractivity contribution < 1.29 is 4.92 Å². The molecule has 3 rings (SSSR count). The average molecular weight is 319 g/mol. The molecule has 0 heterocycles. The highest BCUT2D eigenvalue weighted by atomic mass is 35.5. The Hall–Kier alpha value is -2.09. The van der Waals surface area contributed by atoms with Crippen molar-refractivity contribution in [3.63, 3.8) is 0 Å². The van der Waals surface area contributed by atoms with Crippen molar-refractivity contribution in [2.75, 3.05) is 0 Å². The maximum Gasteiger partial charge on any atom is 0.270 e. The third-order valence-corrected chi connectivity index (χ3v) is 4.33. The SMILES string of the molecule is N#C[C@@H]1Cc2c(Cl)ccc(Cl)c2-c2cc([N+](=O)[O-])ccc21. The van der Waals surface area contributed by atoms with E-state index < -0.39 is 4.92 Å². The van der Waals surface area contributed by atoms with Gasteiger partial charge < -0.3 is 0 Å². The summed E-state index contributed by atoms with van der Waals surface area (Å²) in [7, 11) is 0. The summed E-state index contributed by atoms with van der Waals surface area (Å²) in [5, 5.41) is 21.3. The third-order valence-electron chi connectivity index (χ3n) is 3.66. The predicted octanol–water partition coefficient (Wildman–Crippen LogP) is 4.73. The number of hydrogen-bond acceptors (Lipinski definition) is 3. The van der Waals surface area contributed by atoms with E-state index in [1.807, 2.05) is 0 Å². The first-order valence-corrected chi connectivity index (χ1v) is 6.93. The quantitative estimate of drug-likeness (QED) is 0.563. The minimum Gasteiger partial charge on any atom is -0.258 e. The Balaban J connectivity index is 2.36. The average Bonchev–Trinajstić information content (AvgIpc) is 2.49. The van der Waals surface area contributed by atoms with Crippen molar-refractivity contribution in [3.05, 3.63) is 61.6 Å². The van der Waals surface area contributed by atoms with E-state index in [4.69, 9.17) is 23.2 Å². The fraction of sp³-hybridized carbons (Fsp3) is 0.133. The highest BCUT2D eigenvalue weighted by molar-refractivity contribution is 6.36. The van der Waals surface area contributed by atoms with Crippen LogP contribution in [0.25, 0.3) is 11.1 Å². The van der Waals surface area contributed by atoms with Crippen LogP contribution in [0, 0.1) is 21.4 Å². The number of hydrogen-bond donors (Lipinski definition) is 0. The molecule has 0 radical (unpaired) electrons. The Morgan fingerprint density at radius 1 is 1.24 bits per heavy atom. The minimum atomic E-state index is -0.464. The van der Waals surface area contributed by atoms with Gasteiger partial charge in [-0.2, -0.15) is 5.26 Å². The van der Waals surface area contributed by atoms with Crippen LogP contribution in [0.2, 0.25) is 10.0 Å². The second-order valence-corrected chi connectivity index (χ2v) is 5.61. The van der Waals surface area contributed by atoms with E-state index in [0.717, 1.165) is 11.1 Å². The number of nitro groups is 1. The van der Waals surface area contributed by atoms with Crippen molar-refractivity contribution in [2.45, 2.75) is 12.3 Å². The zero-order chi connectivity index (χ0) is 15.1. The Morgan fingerprint density at radius 3 is 2.62 bits per heavy atom. The molecule has 1 atom stereocenters. The molecule has 0 aliphatic heterocycles. The van der Waals surface area contributed by atoms with Gasteiger partial charge in [-0.15, -0.1) is 0 Å². The molecular formula is C15H8Cl2N2O2. The van der Waals surface area contributed by atoms with Crippen LogP contribution in [-0.2, 0) is 6.42 Å². The summed E-state index contributed by atoms with van der Waals surface area (Å²) >= 11 is 12.5. The fourth-order valence-electron chi connectivity index (χ4n) is 2.69. The number of nitrogens with zero attached hydrogens (tertiary/aromatic N) is 2. The first kappa shape index (κ1) is 13.9. The molecule has 0 saturated carbocycles. The molecule has 2 aromatic rings. The zero-order valence-electron chi connectivity index (χ0n) is 10.6. The second-order valence-electron chi connectivity index (χ2n) is 4.80. The van der Waals surface area contributed by atoms with Crippen molar-refractivity contribution in [1.82, 2.24) is 0 Å². The smallest absolute Gasteiger partial charge is 0.258 e. The van der Waals surface area contributed by atoms with Crippen molar-refractivity contribution in [2.24, 2.45) is 0 Å². The van der Waals surface area contributed by atoms with E-state index in [0.29, 0.717) is 27.6 Å². The number of nitro benzene ring substituents is 1. The van der Waals surface area contributed by atoms with Gasteiger partial charge in [-0.1, -0.05) is 29.3 Å². The Bertz CT molecular complexity index is 812. The molecule has 2 aromatic carbocycles. The summed E-state index contributed by atoms with van der Waals surface area (Å²) in [5.41, 5.74) is 2.79. The van der Waals surface area contributed by atoms with E-state index in [2.05, 4.69) is 6.07 Å². The number of halogens is 2. The highest BCUT2D eigenvalue weighted by Gasteiger charge is 2.29. The fourth-order valence-corrected chi connectivity index (χ4v) is 3.21. The normalized spacial score (nSPS) is 15.8. The number of non-ortho nitro benzene ring substituents is 1. The zero-order valence-corrected chi connectivity index (χ0v) is 12.1. The number of nitriles is 1. The standard InChI is InChI=1S/C15H8Cl2N2O2/c16-13-3-4-14(17)15-11-6-9(19(20)21)1-2-10(11)8(7-18)5-12(13)15/h1-4,6,8H,5H2/t8-/m0/s1. The predicted molar refractivity (Wildman–Crippen MR) is 80.6 cm³/mol. The third kappa shape index (κ3) is 2.15. The Morgan fingerprint density at radius 2 is 1.95 bits per heavy atom. The molecule has 0 amide bonds. The number of benzene rings is 2. The number of rotatable bonds is 1. The monoisotopic (exact) mass is 318 g/mol. The lowest BCUT2D eigenvalue weighted by molar-refractivity contribution is -0.384. The molecule has 0 N–H and O–H groups in total. The summed E-state index contributed by atoms with van der Waals surface area (Å²) in [4.78, 5) is 10.5. The maximum absolute atomic E-state index is 11.0. The van der Waals surface area contributed by atoms with Gasteiger partial charge in [0.15, 0.2) is 0 Å². The molecule has 0 bridgehead atoms. The van der Waals surface area contributed by atoms with Crippen molar-refractivity contribution in [3.8, 4) is 17.2 Å². The van der Waals surface area contributed by atoms with Crippen LogP contribution in [0.1, 0.15) is 17.0 Å². The molecule has 0 spiro atoms. The Kier molecular flexibility index (Phi) is 3.32. The van der Waals surface area contributed by atoms with E-state index in [1.54, 1.807) is 18.2 Å². The Labute approximate surface area is 130 Å². The molecular weight excluding hydrogens is 311 g/mol. The first-order chi connectivity index (χ1) is 10.0. The van der Waals surface area contributed by atoms with Gasteiger partial charge in [-0.25, -0.2) is 0 Å². The van der Waals surface area contributed by atoms with Gasteiger partial charge in [0.2, 0.25) is 0 Å². The topological polar surface area (TPSA) is 66.9 Å². The lowest BCUT2D eigenvalue weighted by Crippen LogP contribution is -2.11. The van der Waals surface area contributed by atoms with Gasteiger partial charge in [-0.05, 0) is 35.2 Å². The molecule has 0 saturated heterocycles. The molecule has 104 valence electrons. The summed E-state index contributed by atoms with van der Waals surface area (Å²) in [6.07, 6.45) is 0.454. The largest absolute Gasteiger partial charge is 0.270 e. The van der Waals surface area contributed by atoms with Crippen LogP contribution < -0.4 is 0 Å². The molecule has 0 fully saturated rings. The van der Waals surface area contributed by atoms with Crippen LogP contribution in [0.4, 0.5) is 5.69 Å². The highest BCUT2D eigenvalue weighted by Crippen LogP contribution is 2.46. The van der Waals surface area contributed by atoms with Crippen LogP contribution in [0.3, 0.4) is 0 Å². The summed E-state index contributed by atoms with van der Waals surface area (Å²) in [6, 6.07) is 10.1. The first-order valence-electron chi connectivity index (χ1n) is 6.18. The molecule has 21 heavy (non-hydrogen) atoms. The van der Waals surface area contributed by atoms with Crippen molar-refractivity contribution in [1.29, 1.82) is 5.26 Å². The summed E-state index contributed by atoms with van der Waals surface area (Å²) in [6.45, 7) is 0. The lowest BCUT2D eigenvalue weighted by atomic mass is 9.79. The van der Waals surface area contributed by atoms with Gasteiger partial charge in [0, 0.05) is 27.7 Å². The summed E-state index contributed by atoms with van der Waals surface area (Å²) in [5.74, 6) is -0.385. The van der Waals surface area contributed by atoms with Gasteiger partial charge >= 0.3 is 0 Å². The van der Waals surface area contributed by atoms with Gasteiger partial charge in [0.1, 0.15) is 0 Å². The molecule has 1 aliphatic rings. The molecule has 1 aliphatic carbocycles. The van der Waals surface area contributed by atoms with Gasteiger partial charge in [0.05, 0.1) is 16.9 Å². The van der Waals surface area contributed by atoms with Crippen LogP contribution in [0.15, 0.2) is 30.3 Å². The second kappa shape index (κ2) is 5.03. The van der Waals surface area contributed by atoms with Gasteiger partial charge in [-0.3, -0.25) is 10.1 Å². The maximum atomic E-state index is 11.0. The molecule has 0 aromatic heterocycles. The van der Waals surface area contributed by atoms with Crippen molar-refractivity contribution >= 4 is 28.9 Å². The molecule has 0 unspecified atom stereocenters. The number of fused-ring (bicyclic) bond motifs is 3. The van der Waals surface area contributed by atoms with Crippen LogP contribution in [0.5, 0.6) is 0 Å². The van der Waals surface area contributed by atoms with E-state index in [9.17, 15) is 15.4 Å². The van der Waals surface area contributed by atoms with Crippen LogP contribution in [-0.4, -0.2) is 4.92 Å². The van der Waals surface area contributed by atoms with E-state index >= 15 is 0 Å².